The highest BCUT2D eigenvalue weighted by molar-refractivity contribution is 7.99. The second kappa shape index (κ2) is 7.93. The first-order valence-electron chi connectivity index (χ1n) is 9.12. The average Bonchev–Trinajstić information content (AvgIpc) is 3.26. The Hall–Kier alpha value is -3.00. The van der Waals surface area contributed by atoms with Crippen LogP contribution in [0.1, 0.15) is 34.1 Å². The molecule has 0 atom stereocenters. The number of aromatic nitrogens is 4. The zero-order valence-electron chi connectivity index (χ0n) is 15.4. The lowest BCUT2D eigenvalue weighted by atomic mass is 10.1. The van der Waals surface area contributed by atoms with Crippen molar-refractivity contribution < 1.29 is 9.59 Å². The molecule has 0 fully saturated rings. The third-order valence-electron chi connectivity index (χ3n) is 4.61. The van der Waals surface area contributed by atoms with E-state index in [1.807, 2.05) is 12.1 Å². The van der Waals surface area contributed by atoms with Crippen molar-refractivity contribution in [2.24, 2.45) is 0 Å². The van der Waals surface area contributed by atoms with Crippen LogP contribution in [-0.2, 0) is 6.54 Å². The molecular formula is C20H19N5O2S. The maximum absolute atomic E-state index is 12.4. The van der Waals surface area contributed by atoms with Gasteiger partial charge >= 0.3 is 0 Å². The lowest BCUT2D eigenvalue weighted by Crippen LogP contribution is -2.31. The van der Waals surface area contributed by atoms with Gasteiger partial charge in [0.2, 0.25) is 0 Å². The van der Waals surface area contributed by atoms with Crippen LogP contribution >= 0.6 is 11.8 Å². The molecule has 142 valence electrons. The minimum atomic E-state index is -0.206. The molecule has 0 radical (unpaired) electrons. The van der Waals surface area contributed by atoms with Crippen LogP contribution < -0.4 is 0 Å². The highest BCUT2D eigenvalue weighted by atomic mass is 32.2. The molecule has 2 aromatic heterocycles. The van der Waals surface area contributed by atoms with E-state index >= 15 is 0 Å². The summed E-state index contributed by atoms with van der Waals surface area (Å²) >= 11 is 1.58. The summed E-state index contributed by atoms with van der Waals surface area (Å²) in [5.74, 6) is 1.14. The van der Waals surface area contributed by atoms with E-state index in [-0.39, 0.29) is 11.8 Å². The summed E-state index contributed by atoms with van der Waals surface area (Å²) in [6.45, 7) is 3.21. The predicted molar refractivity (Wildman–Crippen MR) is 106 cm³/mol. The molecule has 1 aliphatic heterocycles. The number of pyridine rings is 1. The first-order valence-corrected chi connectivity index (χ1v) is 10.1. The van der Waals surface area contributed by atoms with Crippen LogP contribution in [0.25, 0.3) is 11.4 Å². The van der Waals surface area contributed by atoms with Crippen molar-refractivity contribution in [2.75, 3.05) is 12.3 Å². The highest BCUT2D eigenvalue weighted by Gasteiger charge is 2.34. The Morgan fingerprint density at radius 2 is 1.64 bits per heavy atom. The monoisotopic (exact) mass is 393 g/mol. The van der Waals surface area contributed by atoms with Gasteiger partial charge in [-0.3, -0.25) is 19.5 Å². The molecule has 0 aliphatic carbocycles. The standard InChI is InChI=1S/C20H19N5O2S/c1-2-24-17(14-8-10-21-11-9-14)22-23-20(24)28-13-5-12-25-18(26)15-6-3-4-7-16(15)19(25)27/h3-4,6-11H,2,5,12-13H2,1H3. The van der Waals surface area contributed by atoms with Gasteiger partial charge in [-0.05, 0) is 37.6 Å². The molecule has 0 N–H and O–H groups in total. The Balaban J connectivity index is 1.37. The fourth-order valence-electron chi connectivity index (χ4n) is 3.22. The molecule has 4 rings (SSSR count). The topological polar surface area (TPSA) is 81.0 Å². The van der Waals surface area contributed by atoms with Gasteiger partial charge in [0.05, 0.1) is 11.1 Å². The zero-order valence-corrected chi connectivity index (χ0v) is 16.2. The molecule has 1 aromatic carbocycles. The van der Waals surface area contributed by atoms with Gasteiger partial charge in [0, 0.05) is 36.8 Å². The number of carbonyl (C=O) groups is 2. The summed E-state index contributed by atoms with van der Waals surface area (Å²) in [6.07, 6.45) is 4.16. The maximum atomic E-state index is 12.4. The van der Waals surface area contributed by atoms with Crippen molar-refractivity contribution in [3.8, 4) is 11.4 Å². The quantitative estimate of drug-likeness (QED) is 0.348. The van der Waals surface area contributed by atoms with Gasteiger partial charge in [-0.1, -0.05) is 23.9 Å². The molecule has 28 heavy (non-hydrogen) atoms. The minimum Gasteiger partial charge on any atom is -0.302 e. The van der Waals surface area contributed by atoms with E-state index in [0.29, 0.717) is 24.1 Å². The molecular weight excluding hydrogens is 374 g/mol. The van der Waals surface area contributed by atoms with Crippen molar-refractivity contribution in [1.82, 2.24) is 24.6 Å². The first kappa shape index (κ1) is 18.4. The van der Waals surface area contributed by atoms with E-state index in [4.69, 9.17) is 0 Å². The third-order valence-corrected chi connectivity index (χ3v) is 5.66. The van der Waals surface area contributed by atoms with E-state index < -0.39 is 0 Å². The van der Waals surface area contributed by atoms with Gasteiger partial charge in [0.1, 0.15) is 0 Å². The van der Waals surface area contributed by atoms with Gasteiger partial charge in [-0.15, -0.1) is 10.2 Å². The number of thioether (sulfide) groups is 1. The van der Waals surface area contributed by atoms with Crippen LogP contribution in [0, 0.1) is 0 Å². The van der Waals surface area contributed by atoms with Crippen LogP contribution in [0.5, 0.6) is 0 Å². The fourth-order valence-corrected chi connectivity index (χ4v) is 4.15. The van der Waals surface area contributed by atoms with Crippen LogP contribution in [0.15, 0.2) is 53.9 Å². The van der Waals surface area contributed by atoms with E-state index in [1.165, 1.54) is 4.90 Å². The average molecular weight is 393 g/mol. The Labute approximate surface area is 166 Å². The maximum Gasteiger partial charge on any atom is 0.261 e. The van der Waals surface area contributed by atoms with Gasteiger partial charge in [0.15, 0.2) is 11.0 Å². The Kier molecular flexibility index (Phi) is 5.21. The molecule has 0 bridgehead atoms. The van der Waals surface area contributed by atoms with Gasteiger partial charge < -0.3 is 4.57 Å². The molecule has 0 unspecified atom stereocenters. The van der Waals surface area contributed by atoms with Crippen LogP contribution in [0.2, 0.25) is 0 Å². The molecule has 8 heteroatoms. The second-order valence-corrected chi connectivity index (χ2v) is 7.36. The molecule has 0 spiro atoms. The summed E-state index contributed by atoms with van der Waals surface area (Å²) in [4.78, 5) is 30.2. The molecule has 0 saturated carbocycles. The Bertz CT molecular complexity index is 983. The minimum absolute atomic E-state index is 0.206. The summed E-state index contributed by atoms with van der Waals surface area (Å²) in [5.41, 5.74) is 1.96. The number of carbonyl (C=O) groups excluding carboxylic acids is 2. The van der Waals surface area contributed by atoms with Gasteiger partial charge in [0.25, 0.3) is 11.8 Å². The van der Waals surface area contributed by atoms with Crippen molar-refractivity contribution in [2.45, 2.75) is 25.0 Å². The summed E-state index contributed by atoms with van der Waals surface area (Å²) in [5, 5.41) is 9.44. The van der Waals surface area contributed by atoms with E-state index in [9.17, 15) is 9.59 Å². The Morgan fingerprint density at radius 3 is 2.29 bits per heavy atom. The number of hydrogen-bond acceptors (Lipinski definition) is 6. The van der Waals surface area contributed by atoms with Crippen LogP contribution in [0.4, 0.5) is 0 Å². The lowest BCUT2D eigenvalue weighted by molar-refractivity contribution is 0.0655. The predicted octanol–water partition coefficient (Wildman–Crippen LogP) is 3.14. The SMILES string of the molecule is CCn1c(SCCCN2C(=O)c3ccccc3C2=O)nnc1-c1ccncc1. The number of amides is 2. The number of rotatable bonds is 7. The lowest BCUT2D eigenvalue weighted by Gasteiger charge is -2.13. The van der Waals surface area contributed by atoms with Crippen LogP contribution in [-0.4, -0.2) is 48.8 Å². The normalized spacial score (nSPS) is 13.2. The third kappa shape index (κ3) is 3.31. The molecule has 2 amide bonds. The van der Waals surface area contributed by atoms with Crippen molar-refractivity contribution in [3.05, 3.63) is 59.9 Å². The number of imide groups is 1. The Morgan fingerprint density at radius 1 is 0.964 bits per heavy atom. The highest BCUT2D eigenvalue weighted by Crippen LogP contribution is 2.25. The summed E-state index contributed by atoms with van der Waals surface area (Å²) in [6, 6.07) is 10.8. The molecule has 7 nitrogen and oxygen atoms in total. The number of fused-ring (bicyclic) bond motifs is 1. The first-order chi connectivity index (χ1) is 13.7. The smallest absolute Gasteiger partial charge is 0.261 e. The summed E-state index contributed by atoms with van der Waals surface area (Å²) < 4.78 is 2.06. The number of benzene rings is 1. The van der Waals surface area contributed by atoms with Gasteiger partial charge in [-0.2, -0.15) is 0 Å². The van der Waals surface area contributed by atoms with Crippen molar-refractivity contribution >= 4 is 23.6 Å². The van der Waals surface area contributed by atoms with E-state index in [0.717, 1.165) is 28.8 Å². The van der Waals surface area contributed by atoms with E-state index in [2.05, 4.69) is 26.7 Å². The second-order valence-electron chi connectivity index (χ2n) is 6.30. The number of hydrogen-bond donors (Lipinski definition) is 0. The van der Waals surface area contributed by atoms with Crippen molar-refractivity contribution in [3.63, 3.8) is 0 Å². The van der Waals surface area contributed by atoms with Crippen LogP contribution in [0.3, 0.4) is 0 Å². The number of nitrogens with zero attached hydrogens (tertiary/aromatic N) is 5. The summed E-state index contributed by atoms with van der Waals surface area (Å²) in [7, 11) is 0. The fraction of sp³-hybridized carbons (Fsp3) is 0.250. The molecule has 1 aliphatic rings. The van der Waals surface area contributed by atoms with Crippen molar-refractivity contribution in [1.29, 1.82) is 0 Å². The van der Waals surface area contributed by atoms with E-state index in [1.54, 1.807) is 48.4 Å². The van der Waals surface area contributed by atoms with Gasteiger partial charge in [-0.25, -0.2) is 0 Å². The molecule has 3 aromatic rings. The molecule has 0 saturated heterocycles. The molecule has 3 heterocycles. The largest absolute Gasteiger partial charge is 0.302 e. The zero-order chi connectivity index (χ0) is 19.5.